The van der Waals surface area contributed by atoms with Crippen molar-refractivity contribution in [2.45, 2.75) is 38.5 Å². The lowest BCUT2D eigenvalue weighted by atomic mass is 10.1. The number of nitrogens with one attached hydrogen (secondary N) is 1. The van der Waals surface area contributed by atoms with Crippen LogP contribution < -0.4 is 5.32 Å². The van der Waals surface area contributed by atoms with Crippen LogP contribution in [0, 0.1) is 5.82 Å². The fraction of sp³-hybridized carbons (Fsp3) is 0.286. The molecule has 0 bridgehead atoms. The van der Waals surface area contributed by atoms with E-state index in [-0.39, 0.29) is 23.4 Å². The van der Waals surface area contributed by atoms with Gasteiger partial charge in [0, 0.05) is 18.5 Å². The third-order valence-corrected chi connectivity index (χ3v) is 5.38. The summed E-state index contributed by atoms with van der Waals surface area (Å²) in [6.45, 7) is 2.42. The summed E-state index contributed by atoms with van der Waals surface area (Å²) in [7, 11) is 0. The Balaban J connectivity index is 1.51. The van der Waals surface area contributed by atoms with Gasteiger partial charge in [-0.3, -0.25) is 4.79 Å². The highest BCUT2D eigenvalue weighted by Crippen LogP contribution is 2.38. The maximum atomic E-state index is 13.8. The molecule has 1 amide bonds. The minimum Gasteiger partial charge on any atom is -0.388 e. The van der Waals surface area contributed by atoms with Crippen LogP contribution in [-0.2, 0) is 17.8 Å². The molecule has 0 aliphatic heterocycles. The number of nitrogens with zero attached hydrogens (tertiary/aromatic N) is 3. The molecule has 1 aliphatic carbocycles. The van der Waals surface area contributed by atoms with E-state index < -0.39 is 11.9 Å². The number of amides is 1. The first-order valence-corrected chi connectivity index (χ1v) is 9.79. The standard InChI is InChI=1S/C21H20ClFN4O2/c1-2-27-19(25-21(26-27)12-7-8-15(22)16(23)9-12)11-20(29)24-17-10-18(28)14-6-4-3-5-13(14)17/h3-9,17-18,28H,2,10-11H2,1H3,(H,24,29)/t17?,18-/m0/s1. The lowest BCUT2D eigenvalue weighted by Gasteiger charge is -2.13. The zero-order valence-electron chi connectivity index (χ0n) is 15.8. The molecule has 0 saturated heterocycles. The predicted molar refractivity (Wildman–Crippen MR) is 107 cm³/mol. The van der Waals surface area contributed by atoms with Gasteiger partial charge in [0.05, 0.1) is 23.6 Å². The van der Waals surface area contributed by atoms with Gasteiger partial charge < -0.3 is 10.4 Å². The first-order valence-electron chi connectivity index (χ1n) is 9.41. The monoisotopic (exact) mass is 414 g/mol. The molecule has 0 radical (unpaired) electrons. The number of rotatable bonds is 5. The molecule has 1 aromatic heterocycles. The number of hydrogen-bond donors (Lipinski definition) is 2. The zero-order valence-corrected chi connectivity index (χ0v) is 16.5. The molecule has 6 nitrogen and oxygen atoms in total. The van der Waals surface area contributed by atoms with Gasteiger partial charge in [0.1, 0.15) is 11.6 Å². The van der Waals surface area contributed by atoms with Gasteiger partial charge >= 0.3 is 0 Å². The van der Waals surface area contributed by atoms with E-state index in [1.54, 1.807) is 10.7 Å². The van der Waals surface area contributed by atoms with Crippen LogP contribution in [0.4, 0.5) is 4.39 Å². The van der Waals surface area contributed by atoms with E-state index in [0.717, 1.165) is 11.1 Å². The number of aromatic nitrogens is 3. The SMILES string of the molecule is CCn1nc(-c2ccc(Cl)c(F)c2)nc1CC(=O)NC1C[C@H](O)c2ccccc21. The molecule has 150 valence electrons. The summed E-state index contributed by atoms with van der Waals surface area (Å²) in [4.78, 5) is 17.1. The molecule has 1 unspecified atom stereocenters. The van der Waals surface area contributed by atoms with E-state index in [0.29, 0.717) is 30.2 Å². The number of aliphatic hydroxyl groups is 1. The summed E-state index contributed by atoms with van der Waals surface area (Å²) >= 11 is 5.74. The molecule has 29 heavy (non-hydrogen) atoms. The van der Waals surface area contributed by atoms with Crippen molar-refractivity contribution in [1.82, 2.24) is 20.1 Å². The Morgan fingerprint density at radius 1 is 1.31 bits per heavy atom. The molecule has 4 rings (SSSR count). The van der Waals surface area contributed by atoms with Crippen LogP contribution >= 0.6 is 11.6 Å². The molecular weight excluding hydrogens is 395 g/mol. The number of hydrogen-bond acceptors (Lipinski definition) is 4. The highest BCUT2D eigenvalue weighted by Gasteiger charge is 2.30. The van der Waals surface area contributed by atoms with Crippen molar-refractivity contribution in [2.75, 3.05) is 0 Å². The third-order valence-electron chi connectivity index (χ3n) is 5.07. The Labute approximate surface area is 172 Å². The lowest BCUT2D eigenvalue weighted by Crippen LogP contribution is -2.29. The average Bonchev–Trinajstić information content (AvgIpc) is 3.25. The average molecular weight is 415 g/mol. The number of aliphatic hydroxyl groups excluding tert-OH is 1. The van der Waals surface area contributed by atoms with Crippen LogP contribution in [0.15, 0.2) is 42.5 Å². The third kappa shape index (κ3) is 3.88. The fourth-order valence-corrected chi connectivity index (χ4v) is 3.77. The Kier molecular flexibility index (Phi) is 5.34. The van der Waals surface area contributed by atoms with Gasteiger partial charge in [0.2, 0.25) is 5.91 Å². The molecular formula is C21H20ClFN4O2. The molecule has 0 saturated carbocycles. The summed E-state index contributed by atoms with van der Waals surface area (Å²) < 4.78 is 15.4. The minimum absolute atomic E-state index is 0.0299. The van der Waals surface area contributed by atoms with Crippen LogP contribution in [0.2, 0.25) is 5.02 Å². The second kappa shape index (κ2) is 7.93. The summed E-state index contributed by atoms with van der Waals surface area (Å²) in [5.41, 5.74) is 2.28. The molecule has 0 spiro atoms. The summed E-state index contributed by atoms with van der Waals surface area (Å²) in [5.74, 6) is 0.0682. The van der Waals surface area contributed by atoms with E-state index in [1.807, 2.05) is 31.2 Å². The van der Waals surface area contributed by atoms with Gasteiger partial charge in [-0.05, 0) is 36.2 Å². The van der Waals surface area contributed by atoms with E-state index in [1.165, 1.54) is 12.1 Å². The largest absolute Gasteiger partial charge is 0.388 e. The quantitative estimate of drug-likeness (QED) is 0.668. The van der Waals surface area contributed by atoms with Crippen molar-refractivity contribution in [3.63, 3.8) is 0 Å². The van der Waals surface area contributed by atoms with Gasteiger partial charge in [-0.15, -0.1) is 0 Å². The second-order valence-corrected chi connectivity index (χ2v) is 7.38. The van der Waals surface area contributed by atoms with Crippen molar-refractivity contribution < 1.29 is 14.3 Å². The summed E-state index contributed by atoms with van der Waals surface area (Å²) in [6, 6.07) is 11.7. The Bertz CT molecular complexity index is 1070. The van der Waals surface area contributed by atoms with Crippen molar-refractivity contribution in [3.05, 3.63) is 70.3 Å². The minimum atomic E-state index is -0.581. The van der Waals surface area contributed by atoms with E-state index in [2.05, 4.69) is 15.4 Å². The van der Waals surface area contributed by atoms with Crippen molar-refractivity contribution in [2.24, 2.45) is 0 Å². The van der Waals surface area contributed by atoms with Gasteiger partial charge in [0.15, 0.2) is 5.82 Å². The first kappa shape index (κ1) is 19.5. The van der Waals surface area contributed by atoms with Crippen molar-refractivity contribution in [1.29, 1.82) is 0 Å². The summed E-state index contributed by atoms with van der Waals surface area (Å²) in [6.07, 6.45) is -0.103. The Morgan fingerprint density at radius 3 is 2.79 bits per heavy atom. The number of fused-ring (bicyclic) bond motifs is 1. The molecule has 8 heteroatoms. The molecule has 2 atom stereocenters. The van der Waals surface area contributed by atoms with Crippen LogP contribution in [-0.4, -0.2) is 25.8 Å². The lowest BCUT2D eigenvalue weighted by molar-refractivity contribution is -0.121. The second-order valence-electron chi connectivity index (χ2n) is 6.97. The zero-order chi connectivity index (χ0) is 20.5. The summed E-state index contributed by atoms with van der Waals surface area (Å²) in [5, 5.41) is 17.6. The molecule has 0 fully saturated rings. The van der Waals surface area contributed by atoms with Crippen LogP contribution in [0.3, 0.4) is 0 Å². The number of benzene rings is 2. The predicted octanol–water partition coefficient (Wildman–Crippen LogP) is 3.59. The molecule has 1 heterocycles. The maximum Gasteiger partial charge on any atom is 0.228 e. The van der Waals surface area contributed by atoms with E-state index in [9.17, 15) is 14.3 Å². The van der Waals surface area contributed by atoms with Crippen LogP contribution in [0.5, 0.6) is 0 Å². The van der Waals surface area contributed by atoms with Crippen LogP contribution in [0.25, 0.3) is 11.4 Å². The number of carbonyl (C=O) groups is 1. The maximum absolute atomic E-state index is 13.8. The van der Waals surface area contributed by atoms with Gasteiger partial charge in [0.25, 0.3) is 0 Å². The van der Waals surface area contributed by atoms with Gasteiger partial charge in [-0.2, -0.15) is 5.10 Å². The fourth-order valence-electron chi connectivity index (χ4n) is 3.65. The molecule has 1 aliphatic rings. The highest BCUT2D eigenvalue weighted by molar-refractivity contribution is 6.30. The highest BCUT2D eigenvalue weighted by atomic mass is 35.5. The van der Waals surface area contributed by atoms with Gasteiger partial charge in [-0.1, -0.05) is 35.9 Å². The van der Waals surface area contributed by atoms with Crippen molar-refractivity contribution >= 4 is 17.5 Å². The Hall–Kier alpha value is -2.77. The topological polar surface area (TPSA) is 80.0 Å². The number of carbonyl (C=O) groups excluding carboxylic acids is 1. The van der Waals surface area contributed by atoms with Crippen LogP contribution in [0.1, 0.15) is 42.4 Å². The number of halogens is 2. The molecule has 2 aromatic carbocycles. The Morgan fingerprint density at radius 2 is 2.07 bits per heavy atom. The smallest absolute Gasteiger partial charge is 0.228 e. The van der Waals surface area contributed by atoms with Gasteiger partial charge in [-0.25, -0.2) is 14.1 Å². The number of aryl methyl sites for hydroxylation is 1. The normalized spacial score (nSPS) is 17.9. The van der Waals surface area contributed by atoms with E-state index >= 15 is 0 Å². The van der Waals surface area contributed by atoms with E-state index in [4.69, 9.17) is 11.6 Å². The first-order chi connectivity index (χ1) is 14.0. The molecule has 3 aromatic rings. The van der Waals surface area contributed by atoms with Crippen molar-refractivity contribution in [3.8, 4) is 11.4 Å². The molecule has 2 N–H and O–H groups in total.